The molecule has 2 aromatic rings. The molecule has 7 heteroatoms. The lowest BCUT2D eigenvalue weighted by molar-refractivity contribution is -0.122. The Morgan fingerprint density at radius 3 is 2.86 bits per heavy atom. The van der Waals surface area contributed by atoms with Crippen molar-refractivity contribution in [2.24, 2.45) is 0 Å². The first-order valence-corrected chi connectivity index (χ1v) is 9.77. The Labute approximate surface area is 168 Å². The molecule has 0 aromatic heterocycles. The van der Waals surface area contributed by atoms with E-state index in [9.17, 15) is 14.0 Å². The number of hydrogen-bond acceptors (Lipinski definition) is 4. The van der Waals surface area contributed by atoms with Crippen molar-refractivity contribution in [3.63, 3.8) is 0 Å². The van der Waals surface area contributed by atoms with Gasteiger partial charge in [-0.1, -0.05) is 18.2 Å². The van der Waals surface area contributed by atoms with Crippen LogP contribution in [0.1, 0.15) is 35.7 Å². The first-order chi connectivity index (χ1) is 14.0. The number of carbonyl (C=O) groups is 2. The highest BCUT2D eigenvalue weighted by Crippen LogP contribution is 2.34. The minimum Gasteiger partial charge on any atom is -0.478 e. The Morgan fingerprint density at radius 2 is 2.10 bits per heavy atom. The molecule has 2 atom stereocenters. The fourth-order valence-corrected chi connectivity index (χ4v) is 3.67. The first kappa shape index (κ1) is 19.4. The summed E-state index contributed by atoms with van der Waals surface area (Å²) in [4.78, 5) is 27.0. The van der Waals surface area contributed by atoms with Crippen molar-refractivity contribution in [2.75, 3.05) is 18.5 Å². The average molecular weight is 398 g/mol. The van der Waals surface area contributed by atoms with Gasteiger partial charge in [0.05, 0.1) is 17.4 Å². The van der Waals surface area contributed by atoms with Gasteiger partial charge in [0.15, 0.2) is 11.9 Å². The van der Waals surface area contributed by atoms with E-state index in [0.717, 1.165) is 12.8 Å². The Balaban J connectivity index is 1.64. The molecule has 1 saturated heterocycles. The summed E-state index contributed by atoms with van der Waals surface area (Å²) in [6.07, 6.45) is 1.10. The van der Waals surface area contributed by atoms with Gasteiger partial charge in [-0.25, -0.2) is 4.39 Å². The SMILES string of the molecule is CC1Oc2c(cccc2C(=O)N(Cc2cccc(F)c2)CC2CCCO2)NC1=O. The van der Waals surface area contributed by atoms with E-state index in [1.807, 2.05) is 0 Å². The van der Waals surface area contributed by atoms with Gasteiger partial charge in [-0.15, -0.1) is 0 Å². The number of para-hydroxylation sites is 1. The molecule has 0 aliphatic carbocycles. The normalized spacial score (nSPS) is 20.6. The van der Waals surface area contributed by atoms with E-state index in [0.29, 0.717) is 35.7 Å². The zero-order chi connectivity index (χ0) is 20.4. The zero-order valence-electron chi connectivity index (χ0n) is 16.2. The highest BCUT2D eigenvalue weighted by atomic mass is 19.1. The molecule has 1 N–H and O–H groups in total. The minimum absolute atomic E-state index is 0.0495. The van der Waals surface area contributed by atoms with E-state index in [1.54, 1.807) is 42.2 Å². The molecule has 0 bridgehead atoms. The van der Waals surface area contributed by atoms with Gasteiger partial charge in [0.25, 0.3) is 11.8 Å². The van der Waals surface area contributed by atoms with Crippen molar-refractivity contribution in [3.05, 3.63) is 59.4 Å². The van der Waals surface area contributed by atoms with Crippen LogP contribution in [0.5, 0.6) is 5.75 Å². The van der Waals surface area contributed by atoms with E-state index in [1.165, 1.54) is 12.1 Å². The molecule has 2 unspecified atom stereocenters. The van der Waals surface area contributed by atoms with Crippen LogP contribution in [0.15, 0.2) is 42.5 Å². The second-order valence-corrected chi connectivity index (χ2v) is 7.38. The first-order valence-electron chi connectivity index (χ1n) is 9.77. The molecule has 29 heavy (non-hydrogen) atoms. The molecule has 0 spiro atoms. The van der Waals surface area contributed by atoms with Gasteiger partial charge in [-0.2, -0.15) is 0 Å². The summed E-state index contributed by atoms with van der Waals surface area (Å²) in [7, 11) is 0. The summed E-state index contributed by atoms with van der Waals surface area (Å²) < 4.78 is 25.1. The molecule has 2 amide bonds. The van der Waals surface area contributed by atoms with Crippen LogP contribution < -0.4 is 10.1 Å². The van der Waals surface area contributed by atoms with Gasteiger partial charge < -0.3 is 19.7 Å². The summed E-state index contributed by atoms with van der Waals surface area (Å²) in [5, 5.41) is 2.77. The van der Waals surface area contributed by atoms with Gasteiger partial charge in [0.2, 0.25) is 0 Å². The molecule has 0 radical (unpaired) electrons. The van der Waals surface area contributed by atoms with E-state index >= 15 is 0 Å². The van der Waals surface area contributed by atoms with Gasteiger partial charge in [0.1, 0.15) is 5.82 Å². The highest BCUT2D eigenvalue weighted by molar-refractivity contribution is 6.04. The Hall–Kier alpha value is -2.93. The van der Waals surface area contributed by atoms with Crippen molar-refractivity contribution in [1.82, 2.24) is 4.90 Å². The van der Waals surface area contributed by atoms with Gasteiger partial charge in [0, 0.05) is 19.7 Å². The number of hydrogen-bond donors (Lipinski definition) is 1. The van der Waals surface area contributed by atoms with Crippen LogP contribution in [-0.4, -0.2) is 42.1 Å². The van der Waals surface area contributed by atoms with Gasteiger partial charge in [-0.05, 0) is 49.6 Å². The maximum Gasteiger partial charge on any atom is 0.265 e. The number of anilines is 1. The van der Waals surface area contributed by atoms with E-state index in [2.05, 4.69) is 5.32 Å². The lowest BCUT2D eigenvalue weighted by Gasteiger charge is -2.29. The molecule has 2 heterocycles. The van der Waals surface area contributed by atoms with E-state index in [-0.39, 0.29) is 30.3 Å². The van der Waals surface area contributed by atoms with Crippen LogP contribution in [-0.2, 0) is 16.1 Å². The zero-order valence-corrected chi connectivity index (χ0v) is 16.2. The Morgan fingerprint density at radius 1 is 1.28 bits per heavy atom. The quantitative estimate of drug-likeness (QED) is 0.839. The summed E-state index contributed by atoms with van der Waals surface area (Å²) in [5.41, 5.74) is 1.54. The van der Waals surface area contributed by atoms with Crippen LogP contribution in [0, 0.1) is 5.82 Å². The minimum atomic E-state index is -0.689. The lowest BCUT2D eigenvalue weighted by Crippen LogP contribution is -2.39. The number of amides is 2. The van der Waals surface area contributed by atoms with E-state index < -0.39 is 6.10 Å². The third-order valence-corrected chi connectivity index (χ3v) is 5.16. The van der Waals surface area contributed by atoms with Crippen LogP contribution >= 0.6 is 0 Å². The topological polar surface area (TPSA) is 67.9 Å². The lowest BCUT2D eigenvalue weighted by atomic mass is 10.1. The Bertz CT molecular complexity index is 927. The number of fused-ring (bicyclic) bond motifs is 1. The standard InChI is InChI=1S/C22H23FN2O4/c1-14-21(26)24-19-9-3-8-18(20(19)29-14)22(27)25(13-17-7-4-10-28-17)12-15-5-2-6-16(23)11-15/h2-3,5-6,8-9,11,14,17H,4,7,10,12-13H2,1H3,(H,24,26). The van der Waals surface area contributed by atoms with Crippen molar-refractivity contribution in [1.29, 1.82) is 0 Å². The monoisotopic (exact) mass is 398 g/mol. The fourth-order valence-electron chi connectivity index (χ4n) is 3.67. The maximum absolute atomic E-state index is 13.7. The second-order valence-electron chi connectivity index (χ2n) is 7.38. The summed E-state index contributed by atoms with van der Waals surface area (Å²) in [6, 6.07) is 11.3. The number of carbonyl (C=O) groups excluding carboxylic acids is 2. The molecule has 2 aliphatic rings. The number of ether oxygens (including phenoxy) is 2. The van der Waals surface area contributed by atoms with Crippen molar-refractivity contribution >= 4 is 17.5 Å². The van der Waals surface area contributed by atoms with Crippen molar-refractivity contribution < 1.29 is 23.5 Å². The average Bonchev–Trinajstić information content (AvgIpc) is 3.21. The van der Waals surface area contributed by atoms with Gasteiger partial charge >= 0.3 is 0 Å². The number of halogens is 1. The third kappa shape index (κ3) is 4.24. The van der Waals surface area contributed by atoms with Crippen LogP contribution in [0.3, 0.4) is 0 Å². The van der Waals surface area contributed by atoms with Crippen LogP contribution in [0.4, 0.5) is 10.1 Å². The fraction of sp³-hybridized carbons (Fsp3) is 0.364. The van der Waals surface area contributed by atoms with Gasteiger partial charge in [-0.3, -0.25) is 9.59 Å². The molecule has 152 valence electrons. The predicted octanol–water partition coefficient (Wildman–Crippen LogP) is 3.37. The number of rotatable bonds is 5. The molecular weight excluding hydrogens is 375 g/mol. The summed E-state index contributed by atoms with van der Waals surface area (Å²) in [5.74, 6) is -0.479. The molecule has 0 saturated carbocycles. The molecule has 2 aromatic carbocycles. The van der Waals surface area contributed by atoms with Crippen LogP contribution in [0.25, 0.3) is 0 Å². The highest BCUT2D eigenvalue weighted by Gasteiger charge is 2.31. The Kier molecular flexibility index (Phi) is 5.49. The third-order valence-electron chi connectivity index (χ3n) is 5.16. The molecule has 2 aliphatic heterocycles. The number of nitrogens with zero attached hydrogens (tertiary/aromatic N) is 1. The van der Waals surface area contributed by atoms with E-state index in [4.69, 9.17) is 9.47 Å². The molecular formula is C22H23FN2O4. The molecule has 4 rings (SSSR count). The smallest absolute Gasteiger partial charge is 0.265 e. The van der Waals surface area contributed by atoms with Crippen molar-refractivity contribution in [2.45, 2.75) is 38.5 Å². The molecule has 6 nitrogen and oxygen atoms in total. The maximum atomic E-state index is 13.7. The number of benzene rings is 2. The number of nitrogens with one attached hydrogen (secondary N) is 1. The summed E-state index contributed by atoms with van der Waals surface area (Å²) >= 11 is 0. The van der Waals surface area contributed by atoms with Crippen LogP contribution in [0.2, 0.25) is 0 Å². The molecule has 1 fully saturated rings. The van der Waals surface area contributed by atoms with Crippen molar-refractivity contribution in [3.8, 4) is 5.75 Å². The predicted molar refractivity (Wildman–Crippen MR) is 105 cm³/mol. The summed E-state index contributed by atoms with van der Waals surface area (Å²) in [6.45, 7) is 2.97. The largest absolute Gasteiger partial charge is 0.478 e. The second kappa shape index (κ2) is 8.21.